The normalized spacial score (nSPS) is 22.8. The summed E-state index contributed by atoms with van der Waals surface area (Å²) in [5, 5.41) is 6.04. The number of methoxy groups -OCH3 is 1. The Kier molecular flexibility index (Phi) is 4.63. The first kappa shape index (κ1) is 13.7. The second-order valence-electron chi connectivity index (χ2n) is 4.88. The van der Waals surface area contributed by atoms with Gasteiger partial charge in [-0.3, -0.25) is 0 Å². The summed E-state index contributed by atoms with van der Waals surface area (Å²) in [5.74, 6) is 0. The highest BCUT2D eigenvalue weighted by Crippen LogP contribution is 2.24. The molecule has 5 nitrogen and oxygen atoms in total. The number of hydrogen-bond donors (Lipinski definition) is 3. The van der Waals surface area contributed by atoms with Gasteiger partial charge in [-0.25, -0.2) is 4.79 Å². The number of primary amides is 1. The number of ether oxygens (including phenoxy) is 1. The average molecular weight is 263 g/mol. The Morgan fingerprint density at radius 2 is 1.84 bits per heavy atom. The highest BCUT2D eigenvalue weighted by molar-refractivity contribution is 5.87. The zero-order valence-electron chi connectivity index (χ0n) is 11.2. The van der Waals surface area contributed by atoms with Gasteiger partial charge in [-0.2, -0.15) is 0 Å². The molecule has 0 heterocycles. The number of anilines is 2. The van der Waals surface area contributed by atoms with Gasteiger partial charge in [-0.1, -0.05) is 12.8 Å². The molecule has 104 valence electrons. The van der Waals surface area contributed by atoms with E-state index in [1.165, 1.54) is 12.8 Å². The van der Waals surface area contributed by atoms with Crippen LogP contribution >= 0.6 is 0 Å². The SMILES string of the molecule is COC1CCCCC1Nc1ccc(NC(N)=O)cc1. The van der Waals surface area contributed by atoms with E-state index in [1.807, 2.05) is 24.3 Å². The Labute approximate surface area is 113 Å². The molecule has 0 aromatic heterocycles. The molecule has 1 fully saturated rings. The minimum absolute atomic E-state index is 0.275. The van der Waals surface area contributed by atoms with Gasteiger partial charge in [0, 0.05) is 18.5 Å². The maximum absolute atomic E-state index is 10.7. The molecule has 2 rings (SSSR count). The number of hydrogen-bond acceptors (Lipinski definition) is 3. The van der Waals surface area contributed by atoms with E-state index < -0.39 is 6.03 Å². The van der Waals surface area contributed by atoms with Crippen molar-refractivity contribution in [2.45, 2.75) is 37.8 Å². The van der Waals surface area contributed by atoms with E-state index in [-0.39, 0.29) is 6.10 Å². The van der Waals surface area contributed by atoms with Crippen LogP contribution in [0.4, 0.5) is 16.2 Å². The van der Waals surface area contributed by atoms with Crippen molar-refractivity contribution in [3.05, 3.63) is 24.3 Å². The average Bonchev–Trinajstić information content (AvgIpc) is 2.41. The summed E-state index contributed by atoms with van der Waals surface area (Å²) < 4.78 is 5.52. The van der Waals surface area contributed by atoms with Gasteiger partial charge in [0.15, 0.2) is 0 Å². The summed E-state index contributed by atoms with van der Waals surface area (Å²) in [7, 11) is 1.77. The Morgan fingerprint density at radius 1 is 1.21 bits per heavy atom. The van der Waals surface area contributed by atoms with Crippen LogP contribution in [0.1, 0.15) is 25.7 Å². The third-order valence-electron chi connectivity index (χ3n) is 3.51. The van der Waals surface area contributed by atoms with E-state index in [4.69, 9.17) is 10.5 Å². The van der Waals surface area contributed by atoms with Crippen molar-refractivity contribution in [1.29, 1.82) is 0 Å². The van der Waals surface area contributed by atoms with Gasteiger partial charge in [0.2, 0.25) is 0 Å². The van der Waals surface area contributed by atoms with Gasteiger partial charge >= 0.3 is 6.03 Å². The van der Waals surface area contributed by atoms with Crippen LogP contribution in [0.15, 0.2) is 24.3 Å². The maximum Gasteiger partial charge on any atom is 0.316 e. The third-order valence-corrected chi connectivity index (χ3v) is 3.51. The minimum Gasteiger partial charge on any atom is -0.380 e. The van der Waals surface area contributed by atoms with Crippen molar-refractivity contribution in [2.24, 2.45) is 5.73 Å². The van der Waals surface area contributed by atoms with Crippen LogP contribution in [-0.2, 0) is 4.74 Å². The largest absolute Gasteiger partial charge is 0.380 e. The van der Waals surface area contributed by atoms with E-state index in [1.54, 1.807) is 7.11 Å². The number of carbonyl (C=O) groups is 1. The summed E-state index contributed by atoms with van der Waals surface area (Å²) >= 11 is 0. The Morgan fingerprint density at radius 3 is 2.47 bits per heavy atom. The number of benzene rings is 1. The van der Waals surface area contributed by atoms with Crippen molar-refractivity contribution in [3.8, 4) is 0 Å². The highest BCUT2D eigenvalue weighted by atomic mass is 16.5. The molecule has 0 aliphatic heterocycles. The van der Waals surface area contributed by atoms with E-state index in [2.05, 4.69) is 10.6 Å². The fourth-order valence-electron chi connectivity index (χ4n) is 2.55. The molecular weight excluding hydrogens is 242 g/mol. The molecule has 0 spiro atoms. The van der Waals surface area contributed by atoms with E-state index in [9.17, 15) is 4.79 Å². The first-order valence-corrected chi connectivity index (χ1v) is 6.65. The van der Waals surface area contributed by atoms with Crippen molar-refractivity contribution >= 4 is 17.4 Å². The van der Waals surface area contributed by atoms with Crippen LogP contribution < -0.4 is 16.4 Å². The summed E-state index contributed by atoms with van der Waals surface area (Å²) in [6.07, 6.45) is 4.98. The Balaban J connectivity index is 1.96. The predicted molar refractivity (Wildman–Crippen MR) is 76.3 cm³/mol. The first-order valence-electron chi connectivity index (χ1n) is 6.65. The van der Waals surface area contributed by atoms with Crippen LogP contribution in [-0.4, -0.2) is 25.3 Å². The molecular formula is C14H21N3O2. The zero-order valence-corrected chi connectivity index (χ0v) is 11.2. The molecule has 1 aliphatic rings. The number of nitrogens with two attached hydrogens (primary N) is 1. The van der Waals surface area contributed by atoms with Gasteiger partial charge in [0.1, 0.15) is 0 Å². The van der Waals surface area contributed by atoms with Gasteiger partial charge in [0.05, 0.1) is 12.1 Å². The first-order chi connectivity index (χ1) is 9.19. The molecule has 0 saturated heterocycles. The second kappa shape index (κ2) is 6.43. The zero-order chi connectivity index (χ0) is 13.7. The number of carbonyl (C=O) groups excluding carboxylic acids is 1. The fraction of sp³-hybridized carbons (Fsp3) is 0.500. The highest BCUT2D eigenvalue weighted by Gasteiger charge is 2.24. The van der Waals surface area contributed by atoms with Crippen molar-refractivity contribution < 1.29 is 9.53 Å². The standard InChI is InChI=1S/C14H21N3O2/c1-19-13-5-3-2-4-12(13)16-10-6-8-11(9-7-10)17-14(15)18/h6-9,12-13,16H,2-5H2,1H3,(H3,15,17,18). The molecule has 1 aromatic carbocycles. The lowest BCUT2D eigenvalue weighted by Crippen LogP contribution is -2.37. The lowest BCUT2D eigenvalue weighted by molar-refractivity contribution is 0.0606. The maximum atomic E-state index is 10.7. The number of amides is 2. The Hall–Kier alpha value is -1.75. The predicted octanol–water partition coefficient (Wildman–Crippen LogP) is 2.55. The Bertz CT molecular complexity index is 419. The molecule has 1 aliphatic carbocycles. The lowest BCUT2D eigenvalue weighted by Gasteiger charge is -2.31. The van der Waals surface area contributed by atoms with Gasteiger partial charge < -0.3 is 21.1 Å². The van der Waals surface area contributed by atoms with Crippen LogP contribution in [0.3, 0.4) is 0 Å². The summed E-state index contributed by atoms with van der Waals surface area (Å²) in [5.41, 5.74) is 6.80. The lowest BCUT2D eigenvalue weighted by atomic mass is 9.92. The van der Waals surface area contributed by atoms with Gasteiger partial charge in [0.25, 0.3) is 0 Å². The van der Waals surface area contributed by atoms with E-state index in [0.717, 1.165) is 18.5 Å². The van der Waals surface area contributed by atoms with Crippen LogP contribution in [0.2, 0.25) is 0 Å². The summed E-state index contributed by atoms with van der Waals surface area (Å²) in [6.45, 7) is 0. The molecule has 4 N–H and O–H groups in total. The van der Waals surface area contributed by atoms with E-state index in [0.29, 0.717) is 11.7 Å². The quantitative estimate of drug-likeness (QED) is 0.781. The molecule has 2 atom stereocenters. The van der Waals surface area contributed by atoms with Crippen LogP contribution in [0.25, 0.3) is 0 Å². The topological polar surface area (TPSA) is 76.4 Å². The summed E-state index contributed by atoms with van der Waals surface area (Å²) in [4.78, 5) is 10.7. The van der Waals surface area contributed by atoms with Crippen LogP contribution in [0.5, 0.6) is 0 Å². The van der Waals surface area contributed by atoms with E-state index >= 15 is 0 Å². The molecule has 0 bridgehead atoms. The number of rotatable bonds is 4. The molecule has 5 heteroatoms. The molecule has 2 unspecified atom stereocenters. The fourth-order valence-corrected chi connectivity index (χ4v) is 2.55. The third kappa shape index (κ3) is 3.86. The minimum atomic E-state index is -0.549. The van der Waals surface area contributed by atoms with Crippen molar-refractivity contribution in [3.63, 3.8) is 0 Å². The molecule has 1 aromatic rings. The van der Waals surface area contributed by atoms with Crippen molar-refractivity contribution in [1.82, 2.24) is 0 Å². The molecule has 19 heavy (non-hydrogen) atoms. The number of urea groups is 1. The van der Waals surface area contributed by atoms with Crippen LogP contribution in [0, 0.1) is 0 Å². The second-order valence-corrected chi connectivity index (χ2v) is 4.88. The van der Waals surface area contributed by atoms with Gasteiger partial charge in [-0.05, 0) is 37.1 Å². The summed E-state index contributed by atoms with van der Waals surface area (Å²) in [6, 6.07) is 7.34. The monoisotopic (exact) mass is 263 g/mol. The molecule has 2 amide bonds. The van der Waals surface area contributed by atoms with Crippen molar-refractivity contribution in [2.75, 3.05) is 17.7 Å². The molecule has 0 radical (unpaired) electrons. The smallest absolute Gasteiger partial charge is 0.316 e. The number of nitrogens with one attached hydrogen (secondary N) is 2. The molecule has 1 saturated carbocycles. The van der Waals surface area contributed by atoms with Gasteiger partial charge in [-0.15, -0.1) is 0 Å².